The van der Waals surface area contributed by atoms with Crippen LogP contribution in [-0.2, 0) is 11.3 Å². The summed E-state index contributed by atoms with van der Waals surface area (Å²) in [5, 5.41) is 12.4. The number of thioether (sulfide) groups is 1. The van der Waals surface area contributed by atoms with Gasteiger partial charge in [-0.05, 0) is 19.1 Å². The Hall–Kier alpha value is -2.16. The molecule has 0 atom stereocenters. The van der Waals surface area contributed by atoms with Gasteiger partial charge in [-0.15, -0.1) is 10.2 Å². The predicted molar refractivity (Wildman–Crippen MR) is 103 cm³/mol. The summed E-state index contributed by atoms with van der Waals surface area (Å²) in [7, 11) is 0. The fourth-order valence-electron chi connectivity index (χ4n) is 2.20. The van der Waals surface area contributed by atoms with Crippen LogP contribution in [0.25, 0.3) is 11.5 Å². The molecular weight excluding hydrogens is 395 g/mol. The second-order valence-corrected chi connectivity index (χ2v) is 6.81. The normalized spacial score (nSPS) is 10.7. The second kappa shape index (κ2) is 8.48. The molecule has 0 radical (unpaired) electrons. The summed E-state index contributed by atoms with van der Waals surface area (Å²) < 4.78 is 1.88. The molecule has 0 spiro atoms. The minimum absolute atomic E-state index is 0.154. The summed E-state index contributed by atoms with van der Waals surface area (Å²) in [5.41, 5.74) is 1.10. The lowest BCUT2D eigenvalue weighted by Crippen LogP contribution is -2.15. The van der Waals surface area contributed by atoms with E-state index in [4.69, 9.17) is 23.2 Å². The summed E-state index contributed by atoms with van der Waals surface area (Å²) >= 11 is 13.3. The first-order valence-electron chi connectivity index (χ1n) is 7.66. The maximum atomic E-state index is 12.2. The highest BCUT2D eigenvalue weighted by atomic mass is 35.5. The minimum Gasteiger partial charge on any atom is -0.324 e. The van der Waals surface area contributed by atoms with E-state index in [-0.39, 0.29) is 11.7 Å². The van der Waals surface area contributed by atoms with Crippen molar-refractivity contribution in [3.63, 3.8) is 0 Å². The first-order chi connectivity index (χ1) is 12.6. The molecule has 0 saturated heterocycles. The Morgan fingerprint density at radius 2 is 2.12 bits per heavy atom. The lowest BCUT2D eigenvalue weighted by molar-refractivity contribution is -0.113. The number of halogens is 2. The van der Waals surface area contributed by atoms with Gasteiger partial charge in [0.25, 0.3) is 0 Å². The van der Waals surface area contributed by atoms with Gasteiger partial charge in [-0.1, -0.05) is 41.0 Å². The van der Waals surface area contributed by atoms with Crippen LogP contribution in [0.3, 0.4) is 0 Å². The first kappa shape index (κ1) is 18.6. The molecular formula is C16H14Cl2N6OS. The number of carbonyl (C=O) groups excluding carboxylic acids is 1. The van der Waals surface area contributed by atoms with Crippen molar-refractivity contribution in [1.29, 1.82) is 0 Å². The molecule has 0 unspecified atom stereocenters. The van der Waals surface area contributed by atoms with Crippen LogP contribution in [0.2, 0.25) is 10.0 Å². The molecule has 1 N–H and O–H groups in total. The molecule has 0 fully saturated rings. The van der Waals surface area contributed by atoms with E-state index in [1.165, 1.54) is 11.8 Å². The number of rotatable bonds is 6. The van der Waals surface area contributed by atoms with Gasteiger partial charge in [0.05, 0.1) is 27.7 Å². The van der Waals surface area contributed by atoms with Crippen molar-refractivity contribution in [1.82, 2.24) is 24.7 Å². The van der Waals surface area contributed by atoms with Crippen LogP contribution in [0, 0.1) is 0 Å². The lowest BCUT2D eigenvalue weighted by Gasteiger charge is -2.09. The summed E-state index contributed by atoms with van der Waals surface area (Å²) in [6.07, 6.45) is 4.81. The quantitative estimate of drug-likeness (QED) is 0.624. The topological polar surface area (TPSA) is 85.6 Å². The average Bonchev–Trinajstić information content (AvgIpc) is 3.07. The van der Waals surface area contributed by atoms with Crippen molar-refractivity contribution in [2.75, 3.05) is 11.1 Å². The number of nitrogens with one attached hydrogen (secondary N) is 1. The zero-order valence-corrected chi connectivity index (χ0v) is 16.0. The van der Waals surface area contributed by atoms with Crippen molar-refractivity contribution in [3.8, 4) is 11.5 Å². The van der Waals surface area contributed by atoms with Gasteiger partial charge in [0.1, 0.15) is 5.69 Å². The van der Waals surface area contributed by atoms with E-state index in [2.05, 4.69) is 25.5 Å². The molecule has 134 valence electrons. The molecule has 2 aromatic heterocycles. The largest absolute Gasteiger partial charge is 0.324 e. The number of nitrogens with zero attached hydrogens (tertiary/aromatic N) is 5. The van der Waals surface area contributed by atoms with Crippen LogP contribution in [0.15, 0.2) is 41.9 Å². The van der Waals surface area contributed by atoms with E-state index in [1.54, 1.807) is 36.8 Å². The summed E-state index contributed by atoms with van der Waals surface area (Å²) in [6.45, 7) is 2.61. The predicted octanol–water partition coefficient (Wildman–Crippen LogP) is 3.79. The average molecular weight is 409 g/mol. The van der Waals surface area contributed by atoms with E-state index in [0.29, 0.717) is 39.0 Å². The fourth-order valence-corrected chi connectivity index (χ4v) is 3.35. The van der Waals surface area contributed by atoms with Gasteiger partial charge in [0.2, 0.25) is 5.91 Å². The van der Waals surface area contributed by atoms with Gasteiger partial charge in [0.15, 0.2) is 11.0 Å². The Balaban J connectivity index is 1.69. The van der Waals surface area contributed by atoms with Crippen molar-refractivity contribution in [2.45, 2.75) is 18.6 Å². The molecule has 0 saturated carbocycles. The molecule has 3 rings (SSSR count). The Kier molecular flexibility index (Phi) is 6.08. The smallest absolute Gasteiger partial charge is 0.234 e. The van der Waals surface area contributed by atoms with E-state index in [0.717, 1.165) is 0 Å². The number of carbonyl (C=O) groups is 1. The third kappa shape index (κ3) is 4.14. The molecule has 0 aliphatic heterocycles. The second-order valence-electron chi connectivity index (χ2n) is 5.08. The van der Waals surface area contributed by atoms with Gasteiger partial charge in [0, 0.05) is 18.9 Å². The molecule has 10 heteroatoms. The molecule has 3 aromatic rings. The highest BCUT2D eigenvalue weighted by molar-refractivity contribution is 7.99. The number of aromatic nitrogens is 5. The van der Waals surface area contributed by atoms with Crippen LogP contribution in [-0.4, -0.2) is 36.4 Å². The van der Waals surface area contributed by atoms with Crippen LogP contribution in [0.1, 0.15) is 6.92 Å². The van der Waals surface area contributed by atoms with E-state index in [9.17, 15) is 4.79 Å². The number of hydrogen-bond donors (Lipinski definition) is 1. The van der Waals surface area contributed by atoms with Gasteiger partial charge in [-0.2, -0.15) is 0 Å². The van der Waals surface area contributed by atoms with Crippen LogP contribution >= 0.6 is 35.0 Å². The summed E-state index contributed by atoms with van der Waals surface area (Å²) in [4.78, 5) is 20.5. The third-order valence-corrected chi connectivity index (χ3v) is 5.17. The van der Waals surface area contributed by atoms with E-state index in [1.807, 2.05) is 11.5 Å². The van der Waals surface area contributed by atoms with Crippen molar-refractivity contribution in [2.24, 2.45) is 0 Å². The molecule has 1 aromatic carbocycles. The number of amides is 1. The van der Waals surface area contributed by atoms with Crippen LogP contribution in [0.5, 0.6) is 0 Å². The van der Waals surface area contributed by atoms with E-state index >= 15 is 0 Å². The molecule has 0 bridgehead atoms. The minimum atomic E-state index is -0.217. The first-order valence-corrected chi connectivity index (χ1v) is 9.40. The summed E-state index contributed by atoms with van der Waals surface area (Å²) in [5.74, 6) is 0.550. The highest BCUT2D eigenvalue weighted by Crippen LogP contribution is 2.30. The molecule has 7 nitrogen and oxygen atoms in total. The van der Waals surface area contributed by atoms with Crippen molar-refractivity contribution >= 4 is 46.6 Å². The highest BCUT2D eigenvalue weighted by Gasteiger charge is 2.16. The Labute approximate surface area is 164 Å². The Morgan fingerprint density at radius 3 is 2.85 bits per heavy atom. The number of benzene rings is 1. The SMILES string of the molecule is CCn1c(SCC(=O)Nc2cccc(Cl)c2Cl)nnc1-c1cnccn1. The Morgan fingerprint density at radius 1 is 1.27 bits per heavy atom. The molecule has 26 heavy (non-hydrogen) atoms. The zero-order valence-electron chi connectivity index (χ0n) is 13.7. The van der Waals surface area contributed by atoms with Gasteiger partial charge < -0.3 is 9.88 Å². The van der Waals surface area contributed by atoms with Gasteiger partial charge in [-0.3, -0.25) is 9.78 Å². The van der Waals surface area contributed by atoms with Crippen LogP contribution < -0.4 is 5.32 Å². The molecule has 0 aliphatic rings. The molecule has 0 aliphatic carbocycles. The maximum Gasteiger partial charge on any atom is 0.234 e. The maximum absolute atomic E-state index is 12.2. The molecule has 2 heterocycles. The fraction of sp³-hybridized carbons (Fsp3) is 0.188. The number of hydrogen-bond acceptors (Lipinski definition) is 6. The van der Waals surface area contributed by atoms with Crippen molar-refractivity contribution in [3.05, 3.63) is 46.8 Å². The standard InChI is InChI=1S/C16H14Cl2N6OS/c1-2-24-15(12-8-19-6-7-20-12)22-23-16(24)26-9-13(25)21-11-5-3-4-10(17)14(11)18/h3-8H,2,9H2,1H3,(H,21,25). The van der Waals surface area contributed by atoms with Gasteiger partial charge >= 0.3 is 0 Å². The summed E-state index contributed by atoms with van der Waals surface area (Å²) in [6, 6.07) is 5.07. The van der Waals surface area contributed by atoms with Crippen LogP contribution in [0.4, 0.5) is 5.69 Å². The number of anilines is 1. The lowest BCUT2D eigenvalue weighted by atomic mass is 10.3. The van der Waals surface area contributed by atoms with Crippen molar-refractivity contribution < 1.29 is 4.79 Å². The van der Waals surface area contributed by atoms with E-state index < -0.39 is 0 Å². The zero-order chi connectivity index (χ0) is 18.5. The van der Waals surface area contributed by atoms with Gasteiger partial charge in [-0.25, -0.2) is 4.98 Å². The monoisotopic (exact) mass is 408 g/mol. The Bertz CT molecular complexity index is 918. The molecule has 1 amide bonds. The third-order valence-electron chi connectivity index (χ3n) is 3.38.